The van der Waals surface area contributed by atoms with Crippen LogP contribution >= 0.6 is 0 Å². The second kappa shape index (κ2) is 11.9. The van der Waals surface area contributed by atoms with Crippen LogP contribution in [-0.4, -0.2) is 39.3 Å². The van der Waals surface area contributed by atoms with Crippen molar-refractivity contribution >= 4 is 10.0 Å². The summed E-state index contributed by atoms with van der Waals surface area (Å²) < 4.78 is 67.2. The molecule has 194 valence electrons. The number of halogens is 2. The van der Waals surface area contributed by atoms with E-state index in [1.165, 1.54) is 49.7 Å². The van der Waals surface area contributed by atoms with Crippen molar-refractivity contribution < 1.29 is 26.7 Å². The van der Waals surface area contributed by atoms with Gasteiger partial charge in [0.1, 0.15) is 30.6 Å². The maximum Gasteiger partial charge on any atom is 0.268 e. The third-order valence-corrected chi connectivity index (χ3v) is 8.03. The normalized spacial score (nSPS) is 14.6. The highest BCUT2D eigenvalue weighted by atomic mass is 32.2. The molecule has 9 heteroatoms. The number of nitrogens with zero attached hydrogens (tertiary/aromatic N) is 1. The third kappa shape index (κ3) is 6.07. The number of benzene rings is 2. The lowest BCUT2D eigenvalue weighted by Gasteiger charge is -2.21. The van der Waals surface area contributed by atoms with Gasteiger partial charge in [-0.3, -0.25) is 0 Å². The van der Waals surface area contributed by atoms with Crippen molar-refractivity contribution in [2.24, 2.45) is 5.92 Å². The van der Waals surface area contributed by atoms with Gasteiger partial charge in [-0.1, -0.05) is 25.3 Å². The third-order valence-electron chi connectivity index (χ3n) is 6.36. The largest absolute Gasteiger partial charge is 0.493 e. The van der Waals surface area contributed by atoms with Crippen LogP contribution in [0.4, 0.5) is 8.78 Å². The molecule has 0 atom stereocenters. The van der Waals surface area contributed by atoms with Gasteiger partial charge in [-0.15, -0.1) is 0 Å². The van der Waals surface area contributed by atoms with E-state index in [2.05, 4.69) is 5.32 Å². The van der Waals surface area contributed by atoms with E-state index in [0.717, 1.165) is 16.8 Å². The molecule has 2 aromatic carbocycles. The topological polar surface area (TPSA) is 69.6 Å². The predicted molar refractivity (Wildman–Crippen MR) is 135 cm³/mol. The number of rotatable bonds is 11. The van der Waals surface area contributed by atoms with E-state index >= 15 is 4.39 Å². The molecule has 1 aliphatic carbocycles. The van der Waals surface area contributed by atoms with Gasteiger partial charge in [0.2, 0.25) is 0 Å². The minimum absolute atomic E-state index is 0.0421. The summed E-state index contributed by atoms with van der Waals surface area (Å²) in [5, 5.41) is 2.99. The van der Waals surface area contributed by atoms with Gasteiger partial charge in [0.25, 0.3) is 10.0 Å². The molecular formula is C27H32F2N2O4S. The lowest BCUT2D eigenvalue weighted by Crippen LogP contribution is -2.15. The molecule has 0 aliphatic heterocycles. The molecule has 0 saturated heterocycles. The average Bonchev–Trinajstić information content (AvgIpc) is 3.32. The zero-order valence-corrected chi connectivity index (χ0v) is 21.2. The summed E-state index contributed by atoms with van der Waals surface area (Å²) in [6.45, 7) is 0.0900. The second-order valence-corrected chi connectivity index (χ2v) is 10.8. The van der Waals surface area contributed by atoms with Crippen molar-refractivity contribution in [3.05, 3.63) is 66.1 Å². The minimum Gasteiger partial charge on any atom is -0.493 e. The van der Waals surface area contributed by atoms with E-state index in [1.54, 1.807) is 31.3 Å². The van der Waals surface area contributed by atoms with Gasteiger partial charge in [-0.25, -0.2) is 21.2 Å². The lowest BCUT2D eigenvalue weighted by atomic mass is 9.90. The van der Waals surface area contributed by atoms with E-state index in [1.807, 2.05) is 0 Å². The van der Waals surface area contributed by atoms with Gasteiger partial charge in [-0.2, -0.15) is 0 Å². The van der Waals surface area contributed by atoms with Gasteiger partial charge < -0.3 is 14.8 Å². The van der Waals surface area contributed by atoms with Gasteiger partial charge in [0.15, 0.2) is 0 Å². The van der Waals surface area contributed by atoms with Gasteiger partial charge in [0, 0.05) is 30.4 Å². The van der Waals surface area contributed by atoms with Gasteiger partial charge in [-0.05, 0) is 61.7 Å². The molecule has 0 spiro atoms. The first-order valence-corrected chi connectivity index (χ1v) is 13.7. The highest BCUT2D eigenvalue weighted by Crippen LogP contribution is 2.32. The molecule has 36 heavy (non-hydrogen) atoms. The number of nitrogens with one attached hydrogen (secondary N) is 1. The number of hydrogen-bond donors (Lipinski definition) is 1. The Kier molecular flexibility index (Phi) is 8.64. The first-order valence-electron chi connectivity index (χ1n) is 12.3. The Morgan fingerprint density at radius 2 is 1.81 bits per heavy atom. The summed E-state index contributed by atoms with van der Waals surface area (Å²) in [6.07, 6.45) is 7.38. The van der Waals surface area contributed by atoms with Crippen molar-refractivity contribution in [2.45, 2.75) is 43.5 Å². The minimum atomic E-state index is -4.10. The summed E-state index contributed by atoms with van der Waals surface area (Å²) in [5.74, 6) is 0.582. The van der Waals surface area contributed by atoms with Gasteiger partial charge >= 0.3 is 0 Å². The highest BCUT2D eigenvalue weighted by molar-refractivity contribution is 7.90. The molecule has 6 nitrogen and oxygen atoms in total. The van der Waals surface area contributed by atoms with Crippen LogP contribution in [0.1, 0.15) is 37.7 Å². The Morgan fingerprint density at radius 1 is 1.03 bits per heavy atom. The zero-order chi connectivity index (χ0) is 25.5. The van der Waals surface area contributed by atoms with Crippen LogP contribution in [0.3, 0.4) is 0 Å². The molecule has 0 amide bonds. The van der Waals surface area contributed by atoms with E-state index in [4.69, 9.17) is 9.47 Å². The van der Waals surface area contributed by atoms with Gasteiger partial charge in [0.05, 0.1) is 17.2 Å². The maximum absolute atomic E-state index is 15.3. The summed E-state index contributed by atoms with van der Waals surface area (Å²) in [4.78, 5) is -0.0421. The van der Waals surface area contributed by atoms with E-state index in [-0.39, 0.29) is 28.5 Å². The Balaban J connectivity index is 1.65. The standard InChI is InChI=1S/C27H32F2N2O4S/c1-30-17-21-14-27(25-11-10-23(16-26(25)29)35-19-20-6-3-2-4-7-20)31(18-21)36(32,33)24-9-5-8-22(15-24)34-13-12-28/h5,8-11,14-16,18,20,30H,2-4,6-7,12-13,17,19H2,1H3. The van der Waals surface area contributed by atoms with Crippen LogP contribution in [0.15, 0.2) is 59.6 Å². The summed E-state index contributed by atoms with van der Waals surface area (Å²) >= 11 is 0. The van der Waals surface area contributed by atoms with Crippen LogP contribution in [-0.2, 0) is 16.6 Å². The second-order valence-electron chi connectivity index (χ2n) is 9.03. The summed E-state index contributed by atoms with van der Waals surface area (Å²) in [6, 6.07) is 12.0. The fourth-order valence-electron chi connectivity index (χ4n) is 4.55. The first kappa shape index (κ1) is 26.2. The molecule has 0 bridgehead atoms. The average molecular weight is 519 g/mol. The highest BCUT2D eigenvalue weighted by Gasteiger charge is 2.24. The van der Waals surface area contributed by atoms with E-state index in [9.17, 15) is 12.8 Å². The van der Waals surface area contributed by atoms with E-state index < -0.39 is 22.5 Å². The number of alkyl halides is 1. The van der Waals surface area contributed by atoms with Crippen molar-refractivity contribution in [1.82, 2.24) is 9.29 Å². The molecule has 1 saturated carbocycles. The molecular weight excluding hydrogens is 486 g/mol. The fourth-order valence-corrected chi connectivity index (χ4v) is 5.98. The quantitative estimate of drug-likeness (QED) is 0.360. The Morgan fingerprint density at radius 3 is 2.53 bits per heavy atom. The molecule has 1 heterocycles. The predicted octanol–water partition coefficient (Wildman–Crippen LogP) is 5.56. The molecule has 0 radical (unpaired) electrons. The zero-order valence-electron chi connectivity index (χ0n) is 20.4. The molecule has 1 N–H and O–H groups in total. The Bertz CT molecular complexity index is 1270. The fraction of sp³-hybridized carbons (Fsp3) is 0.407. The smallest absolute Gasteiger partial charge is 0.268 e. The van der Waals surface area contributed by atoms with E-state index in [0.29, 0.717) is 30.4 Å². The number of ether oxygens (including phenoxy) is 2. The molecule has 0 unspecified atom stereocenters. The van der Waals surface area contributed by atoms with Crippen molar-refractivity contribution in [1.29, 1.82) is 0 Å². The molecule has 4 rings (SSSR count). The van der Waals surface area contributed by atoms with Crippen LogP contribution in [0.25, 0.3) is 11.3 Å². The molecule has 1 fully saturated rings. The number of hydrogen-bond acceptors (Lipinski definition) is 5. The lowest BCUT2D eigenvalue weighted by molar-refractivity contribution is 0.208. The molecule has 3 aromatic rings. The van der Waals surface area contributed by atoms with Crippen LogP contribution in [0.5, 0.6) is 11.5 Å². The first-order chi connectivity index (χ1) is 17.4. The monoisotopic (exact) mass is 518 g/mol. The van der Waals surface area contributed by atoms with Crippen LogP contribution < -0.4 is 14.8 Å². The molecule has 1 aromatic heterocycles. The number of aromatic nitrogens is 1. The maximum atomic E-state index is 15.3. The van der Waals surface area contributed by atoms with Crippen molar-refractivity contribution in [3.63, 3.8) is 0 Å². The summed E-state index contributed by atoms with van der Waals surface area (Å²) in [7, 11) is -2.35. The van der Waals surface area contributed by atoms with Crippen LogP contribution in [0.2, 0.25) is 0 Å². The summed E-state index contributed by atoms with van der Waals surface area (Å²) in [5.41, 5.74) is 1.03. The SMILES string of the molecule is CNCc1cc(-c2ccc(OCC3CCCCC3)cc2F)n(S(=O)(=O)c2cccc(OCCF)c2)c1. The van der Waals surface area contributed by atoms with Crippen molar-refractivity contribution in [3.8, 4) is 22.8 Å². The Labute approximate surface area is 211 Å². The van der Waals surface area contributed by atoms with Crippen molar-refractivity contribution in [2.75, 3.05) is 26.9 Å². The van der Waals surface area contributed by atoms with Crippen LogP contribution in [0, 0.1) is 11.7 Å². The Hall–Kier alpha value is -2.91. The molecule has 1 aliphatic rings.